The maximum absolute atomic E-state index is 11.8. The van der Waals surface area contributed by atoms with Crippen LogP contribution in [0.5, 0.6) is 0 Å². The normalized spacial score (nSPS) is 10.7. The molecule has 0 unspecified atom stereocenters. The first-order valence-electron chi connectivity index (χ1n) is 7.45. The molecule has 0 spiro atoms. The Morgan fingerprint density at radius 2 is 2.00 bits per heavy atom. The number of hydrogen-bond acceptors (Lipinski definition) is 4. The number of hydrogen-bond donors (Lipinski definition) is 2. The van der Waals surface area contributed by atoms with Gasteiger partial charge in [0, 0.05) is 18.7 Å². The number of esters is 1. The molecule has 0 aliphatic heterocycles. The van der Waals surface area contributed by atoms with Crippen LogP contribution in [-0.4, -0.2) is 35.7 Å². The second-order valence-electron chi connectivity index (χ2n) is 5.36. The predicted molar refractivity (Wildman–Crippen MR) is 80.1 cm³/mol. The topological polar surface area (TPSA) is 84.1 Å². The zero-order valence-corrected chi connectivity index (χ0v) is 13.1. The van der Waals surface area contributed by atoms with Gasteiger partial charge in [0.15, 0.2) is 0 Å². The molecule has 0 aliphatic rings. The maximum Gasteiger partial charge on any atom is 0.305 e. The molecule has 0 aliphatic carbocycles. The smallest absolute Gasteiger partial charge is 0.305 e. The maximum atomic E-state index is 11.8. The summed E-state index contributed by atoms with van der Waals surface area (Å²) in [7, 11) is 1.40. The molecule has 6 heteroatoms. The van der Waals surface area contributed by atoms with Gasteiger partial charge in [-0.2, -0.15) is 5.10 Å². The van der Waals surface area contributed by atoms with Gasteiger partial charge < -0.3 is 10.1 Å². The number of carbonyl (C=O) groups is 2. The monoisotopic (exact) mass is 295 g/mol. The highest BCUT2D eigenvalue weighted by molar-refractivity contribution is 5.92. The predicted octanol–water partition coefficient (Wildman–Crippen LogP) is 2.39. The molecule has 0 aromatic carbocycles. The van der Waals surface area contributed by atoms with Crippen LogP contribution in [0.4, 0.5) is 0 Å². The molecule has 6 nitrogen and oxygen atoms in total. The minimum Gasteiger partial charge on any atom is -0.469 e. The lowest BCUT2D eigenvalue weighted by atomic mass is 10.1. The third-order valence-corrected chi connectivity index (χ3v) is 3.27. The van der Waals surface area contributed by atoms with Gasteiger partial charge in [-0.15, -0.1) is 0 Å². The molecule has 0 fully saturated rings. The zero-order chi connectivity index (χ0) is 15.7. The van der Waals surface area contributed by atoms with Crippen molar-refractivity contribution in [1.29, 1.82) is 0 Å². The molecular formula is C15H25N3O3. The minimum atomic E-state index is -0.164. The van der Waals surface area contributed by atoms with Gasteiger partial charge in [0.05, 0.1) is 7.11 Å². The van der Waals surface area contributed by atoms with Crippen LogP contribution in [0, 0.1) is 0 Å². The van der Waals surface area contributed by atoms with Crippen molar-refractivity contribution in [2.24, 2.45) is 0 Å². The summed E-state index contributed by atoms with van der Waals surface area (Å²) in [6.45, 7) is 4.72. The highest BCUT2D eigenvalue weighted by atomic mass is 16.5. The molecule has 0 saturated carbocycles. The van der Waals surface area contributed by atoms with E-state index < -0.39 is 0 Å². The van der Waals surface area contributed by atoms with Gasteiger partial charge in [0.25, 0.3) is 5.91 Å². The van der Waals surface area contributed by atoms with Crippen LogP contribution in [0.2, 0.25) is 0 Å². The van der Waals surface area contributed by atoms with Gasteiger partial charge >= 0.3 is 5.97 Å². The fourth-order valence-electron chi connectivity index (χ4n) is 1.89. The number of rotatable bonds is 9. The Morgan fingerprint density at radius 1 is 1.29 bits per heavy atom. The van der Waals surface area contributed by atoms with E-state index in [2.05, 4.69) is 20.3 Å². The molecule has 0 bridgehead atoms. The second-order valence-corrected chi connectivity index (χ2v) is 5.36. The molecular weight excluding hydrogens is 270 g/mol. The Labute approximate surface area is 125 Å². The lowest BCUT2D eigenvalue weighted by Crippen LogP contribution is -2.24. The zero-order valence-electron chi connectivity index (χ0n) is 13.1. The number of methoxy groups -OCH3 is 1. The number of amides is 1. The highest BCUT2D eigenvalue weighted by Crippen LogP contribution is 2.11. The molecule has 1 aromatic heterocycles. The van der Waals surface area contributed by atoms with Gasteiger partial charge in [-0.05, 0) is 24.8 Å². The van der Waals surface area contributed by atoms with Crippen molar-refractivity contribution in [2.75, 3.05) is 13.7 Å². The Kier molecular flexibility index (Phi) is 7.50. The van der Waals surface area contributed by atoms with Crippen molar-refractivity contribution in [1.82, 2.24) is 15.5 Å². The van der Waals surface area contributed by atoms with Crippen LogP contribution in [0.25, 0.3) is 0 Å². The molecule has 2 N–H and O–H groups in total. The lowest BCUT2D eigenvalue weighted by molar-refractivity contribution is -0.140. The lowest BCUT2D eigenvalue weighted by Gasteiger charge is -2.03. The molecule has 1 heterocycles. The van der Waals surface area contributed by atoms with Gasteiger partial charge in [0.2, 0.25) is 0 Å². The third-order valence-electron chi connectivity index (χ3n) is 3.27. The number of H-pyrrole nitrogens is 1. The molecule has 118 valence electrons. The van der Waals surface area contributed by atoms with Crippen molar-refractivity contribution in [3.8, 4) is 0 Å². The van der Waals surface area contributed by atoms with E-state index in [4.69, 9.17) is 0 Å². The van der Waals surface area contributed by atoms with Crippen molar-refractivity contribution >= 4 is 11.9 Å². The van der Waals surface area contributed by atoms with E-state index >= 15 is 0 Å². The van der Waals surface area contributed by atoms with E-state index in [0.29, 0.717) is 24.6 Å². The SMILES string of the molecule is COC(=O)CCCCCCNC(=O)c1cc(C(C)C)[nH]n1. The molecule has 1 amide bonds. The second kappa shape index (κ2) is 9.15. The van der Waals surface area contributed by atoms with Crippen LogP contribution in [0.15, 0.2) is 6.07 Å². The number of unbranched alkanes of at least 4 members (excludes halogenated alkanes) is 3. The van der Waals surface area contributed by atoms with Gasteiger partial charge in [-0.1, -0.05) is 26.7 Å². The minimum absolute atomic E-state index is 0.146. The summed E-state index contributed by atoms with van der Waals surface area (Å²) in [5.41, 5.74) is 1.40. The quantitative estimate of drug-likeness (QED) is 0.541. The van der Waals surface area contributed by atoms with E-state index in [9.17, 15) is 9.59 Å². The summed E-state index contributed by atoms with van der Waals surface area (Å²) < 4.78 is 4.57. The van der Waals surface area contributed by atoms with Crippen LogP contribution >= 0.6 is 0 Å². The fraction of sp³-hybridized carbons (Fsp3) is 0.667. The van der Waals surface area contributed by atoms with Crippen molar-refractivity contribution in [3.63, 3.8) is 0 Å². The van der Waals surface area contributed by atoms with E-state index in [1.165, 1.54) is 7.11 Å². The van der Waals surface area contributed by atoms with E-state index in [0.717, 1.165) is 31.4 Å². The molecule has 1 aromatic rings. The summed E-state index contributed by atoms with van der Waals surface area (Å²) >= 11 is 0. The molecule has 21 heavy (non-hydrogen) atoms. The number of nitrogens with one attached hydrogen (secondary N) is 2. The van der Waals surface area contributed by atoms with Crippen LogP contribution in [-0.2, 0) is 9.53 Å². The number of nitrogens with zero attached hydrogens (tertiary/aromatic N) is 1. The highest BCUT2D eigenvalue weighted by Gasteiger charge is 2.11. The Hall–Kier alpha value is -1.85. The first kappa shape index (κ1) is 17.2. The standard InChI is InChI=1S/C15H25N3O3/c1-11(2)12-10-13(18-17-12)15(20)16-9-7-5-4-6-8-14(19)21-3/h10-11H,4-9H2,1-3H3,(H,16,20)(H,17,18). The molecule has 1 rings (SSSR count). The number of carbonyl (C=O) groups excluding carboxylic acids is 2. The Balaban J connectivity index is 2.12. The first-order chi connectivity index (χ1) is 10.0. The largest absolute Gasteiger partial charge is 0.469 e. The fourth-order valence-corrected chi connectivity index (χ4v) is 1.89. The number of aromatic nitrogens is 2. The molecule has 0 atom stereocenters. The summed E-state index contributed by atoms with van der Waals surface area (Å²) in [6, 6.07) is 1.79. The van der Waals surface area contributed by atoms with Crippen LogP contribution < -0.4 is 5.32 Å². The third kappa shape index (κ3) is 6.42. The van der Waals surface area contributed by atoms with Gasteiger partial charge in [0.1, 0.15) is 5.69 Å². The van der Waals surface area contributed by atoms with E-state index in [1.807, 2.05) is 13.8 Å². The summed E-state index contributed by atoms with van der Waals surface area (Å²) in [5.74, 6) is 0.0179. The van der Waals surface area contributed by atoms with Crippen molar-refractivity contribution in [2.45, 2.75) is 51.9 Å². The number of ether oxygens (including phenoxy) is 1. The van der Waals surface area contributed by atoms with E-state index in [-0.39, 0.29) is 11.9 Å². The van der Waals surface area contributed by atoms with Crippen molar-refractivity contribution in [3.05, 3.63) is 17.5 Å². The van der Waals surface area contributed by atoms with Gasteiger partial charge in [-0.3, -0.25) is 14.7 Å². The summed E-state index contributed by atoms with van der Waals surface area (Å²) in [4.78, 5) is 22.8. The Bertz CT molecular complexity index is 455. The van der Waals surface area contributed by atoms with Crippen molar-refractivity contribution < 1.29 is 14.3 Å². The van der Waals surface area contributed by atoms with Gasteiger partial charge in [-0.25, -0.2) is 0 Å². The summed E-state index contributed by atoms with van der Waals surface area (Å²) in [5, 5.41) is 9.72. The summed E-state index contributed by atoms with van der Waals surface area (Å²) in [6.07, 6.45) is 4.14. The van der Waals surface area contributed by atoms with Crippen LogP contribution in [0.3, 0.4) is 0 Å². The Morgan fingerprint density at radius 3 is 2.62 bits per heavy atom. The molecule has 0 radical (unpaired) electrons. The average molecular weight is 295 g/mol. The average Bonchev–Trinajstić information content (AvgIpc) is 2.95. The van der Waals surface area contributed by atoms with E-state index in [1.54, 1.807) is 6.07 Å². The first-order valence-corrected chi connectivity index (χ1v) is 7.45. The van der Waals surface area contributed by atoms with Crippen LogP contribution in [0.1, 0.15) is 68.1 Å². The number of aromatic amines is 1. The molecule has 0 saturated heterocycles.